The lowest BCUT2D eigenvalue weighted by molar-refractivity contribution is 0.859. The monoisotopic (exact) mass is 333 g/mol. The second kappa shape index (κ2) is 5.72. The molecule has 1 aromatic carbocycles. The first-order chi connectivity index (χ1) is 11.7. The van der Waals surface area contributed by atoms with Crippen LogP contribution in [0.3, 0.4) is 0 Å². The third-order valence-electron chi connectivity index (χ3n) is 3.44. The van der Waals surface area contributed by atoms with Gasteiger partial charge in [0.05, 0.1) is 11.7 Å². The zero-order valence-corrected chi connectivity index (χ0v) is 13.4. The molecular weight excluding hydrogens is 322 g/mol. The topological polar surface area (TPSA) is 92.3 Å². The molecule has 0 aliphatic rings. The summed E-state index contributed by atoms with van der Waals surface area (Å²) >= 11 is 1.41. The SMILES string of the molecule is Cc1nnc(Nc2c(C#N)cnn2-c2ccc3ccccc3n2)s1. The Bertz CT molecular complexity index is 1070. The molecule has 116 valence electrons. The Morgan fingerprint density at radius 2 is 2.04 bits per heavy atom. The van der Waals surface area contributed by atoms with Crippen molar-refractivity contribution < 1.29 is 0 Å². The van der Waals surface area contributed by atoms with Crippen LogP contribution in [0.1, 0.15) is 10.6 Å². The highest BCUT2D eigenvalue weighted by atomic mass is 32.1. The number of aryl methyl sites for hydroxylation is 1. The smallest absolute Gasteiger partial charge is 0.211 e. The van der Waals surface area contributed by atoms with E-state index in [0.29, 0.717) is 22.3 Å². The normalized spacial score (nSPS) is 10.7. The standard InChI is InChI=1S/C16H11N7S/c1-10-21-22-16(24-10)20-15-12(8-17)9-18-23(15)14-7-6-11-4-2-3-5-13(11)19-14/h2-7,9H,1H3,(H,20,22). The van der Waals surface area contributed by atoms with Gasteiger partial charge in [-0.05, 0) is 25.1 Å². The van der Waals surface area contributed by atoms with E-state index in [2.05, 4.69) is 31.7 Å². The highest BCUT2D eigenvalue weighted by molar-refractivity contribution is 7.15. The van der Waals surface area contributed by atoms with Gasteiger partial charge in [0.25, 0.3) is 0 Å². The van der Waals surface area contributed by atoms with Gasteiger partial charge in [-0.2, -0.15) is 15.0 Å². The van der Waals surface area contributed by atoms with Gasteiger partial charge in [-0.15, -0.1) is 10.2 Å². The second-order valence-corrected chi connectivity index (χ2v) is 6.23. The van der Waals surface area contributed by atoms with E-state index in [1.54, 1.807) is 4.68 Å². The maximum atomic E-state index is 9.34. The van der Waals surface area contributed by atoms with E-state index < -0.39 is 0 Å². The zero-order valence-electron chi connectivity index (χ0n) is 12.6. The van der Waals surface area contributed by atoms with Crippen LogP contribution in [-0.4, -0.2) is 25.0 Å². The van der Waals surface area contributed by atoms with Gasteiger partial charge in [-0.25, -0.2) is 4.98 Å². The quantitative estimate of drug-likeness (QED) is 0.619. The molecular formula is C16H11N7S. The summed E-state index contributed by atoms with van der Waals surface area (Å²) in [5, 5.41) is 27.2. The first-order valence-corrected chi connectivity index (χ1v) is 7.97. The summed E-state index contributed by atoms with van der Waals surface area (Å²) in [4.78, 5) is 4.62. The molecule has 0 aliphatic carbocycles. The summed E-state index contributed by atoms with van der Waals surface area (Å²) in [6.45, 7) is 1.87. The fraction of sp³-hybridized carbons (Fsp3) is 0.0625. The van der Waals surface area contributed by atoms with Crippen LogP contribution in [0.15, 0.2) is 42.6 Å². The number of rotatable bonds is 3. The van der Waals surface area contributed by atoms with E-state index in [1.165, 1.54) is 17.5 Å². The molecule has 0 fully saturated rings. The highest BCUT2D eigenvalue weighted by Crippen LogP contribution is 2.25. The zero-order chi connectivity index (χ0) is 16.5. The number of fused-ring (bicyclic) bond motifs is 1. The average Bonchev–Trinajstić information content (AvgIpc) is 3.20. The molecule has 4 rings (SSSR count). The maximum absolute atomic E-state index is 9.34. The molecule has 0 atom stereocenters. The fourth-order valence-corrected chi connectivity index (χ4v) is 2.94. The van der Waals surface area contributed by atoms with Crippen LogP contribution in [0.2, 0.25) is 0 Å². The van der Waals surface area contributed by atoms with E-state index in [4.69, 9.17) is 0 Å². The average molecular weight is 333 g/mol. The number of hydrogen-bond acceptors (Lipinski definition) is 7. The fourth-order valence-electron chi connectivity index (χ4n) is 2.35. The van der Waals surface area contributed by atoms with Gasteiger partial charge < -0.3 is 5.32 Å². The predicted octanol–water partition coefficient (Wildman–Crippen LogP) is 3.20. The molecule has 0 saturated heterocycles. The third kappa shape index (κ3) is 2.47. The molecule has 3 aromatic heterocycles. The highest BCUT2D eigenvalue weighted by Gasteiger charge is 2.15. The molecule has 0 bridgehead atoms. The molecule has 3 heterocycles. The van der Waals surface area contributed by atoms with Crippen molar-refractivity contribution in [2.45, 2.75) is 6.92 Å². The molecule has 7 nitrogen and oxygen atoms in total. The molecule has 0 radical (unpaired) electrons. The second-order valence-electron chi connectivity index (χ2n) is 5.04. The van der Waals surface area contributed by atoms with E-state index >= 15 is 0 Å². The molecule has 0 aliphatic heterocycles. The largest absolute Gasteiger partial charge is 0.313 e. The van der Waals surface area contributed by atoms with Crippen LogP contribution >= 0.6 is 11.3 Å². The van der Waals surface area contributed by atoms with Crippen molar-refractivity contribution in [1.29, 1.82) is 5.26 Å². The predicted molar refractivity (Wildman–Crippen MR) is 91.5 cm³/mol. The van der Waals surface area contributed by atoms with Crippen molar-refractivity contribution in [3.05, 3.63) is 53.2 Å². The number of nitriles is 1. The van der Waals surface area contributed by atoms with Crippen molar-refractivity contribution in [3.8, 4) is 11.9 Å². The van der Waals surface area contributed by atoms with E-state index in [1.807, 2.05) is 43.3 Å². The van der Waals surface area contributed by atoms with Gasteiger partial charge >= 0.3 is 0 Å². The summed E-state index contributed by atoms with van der Waals surface area (Å²) < 4.78 is 1.60. The molecule has 0 unspecified atom stereocenters. The Kier molecular flexibility index (Phi) is 3.40. The van der Waals surface area contributed by atoms with Crippen molar-refractivity contribution >= 4 is 33.2 Å². The lowest BCUT2D eigenvalue weighted by Crippen LogP contribution is -2.05. The van der Waals surface area contributed by atoms with Crippen molar-refractivity contribution in [3.63, 3.8) is 0 Å². The first-order valence-electron chi connectivity index (χ1n) is 7.16. The number of para-hydroxylation sites is 1. The number of pyridine rings is 1. The maximum Gasteiger partial charge on any atom is 0.211 e. The molecule has 0 saturated carbocycles. The van der Waals surface area contributed by atoms with Gasteiger partial charge in [-0.3, -0.25) is 0 Å². The van der Waals surface area contributed by atoms with E-state index in [0.717, 1.165) is 15.9 Å². The Labute approximate surface area is 141 Å². The molecule has 4 aromatic rings. The summed E-state index contributed by atoms with van der Waals surface area (Å²) in [7, 11) is 0. The van der Waals surface area contributed by atoms with Crippen molar-refractivity contribution in [1.82, 2.24) is 25.0 Å². The third-order valence-corrected chi connectivity index (χ3v) is 4.20. The number of anilines is 2. The summed E-state index contributed by atoms with van der Waals surface area (Å²) in [6.07, 6.45) is 1.51. The van der Waals surface area contributed by atoms with Gasteiger partial charge in [0.15, 0.2) is 11.6 Å². The Hall–Kier alpha value is -3.31. The van der Waals surface area contributed by atoms with Gasteiger partial charge in [0, 0.05) is 5.39 Å². The van der Waals surface area contributed by atoms with Crippen LogP contribution in [0, 0.1) is 18.3 Å². The number of aromatic nitrogens is 5. The van der Waals surface area contributed by atoms with Crippen molar-refractivity contribution in [2.75, 3.05) is 5.32 Å². The Balaban J connectivity index is 1.82. The summed E-state index contributed by atoms with van der Waals surface area (Å²) in [5.74, 6) is 1.15. The van der Waals surface area contributed by atoms with E-state index in [-0.39, 0.29) is 0 Å². The molecule has 1 N–H and O–H groups in total. The minimum absolute atomic E-state index is 0.415. The van der Waals surface area contributed by atoms with Crippen LogP contribution in [0.25, 0.3) is 16.7 Å². The minimum atomic E-state index is 0.415. The van der Waals surface area contributed by atoms with E-state index in [9.17, 15) is 5.26 Å². The van der Waals surface area contributed by atoms with Gasteiger partial charge in [0.1, 0.15) is 16.6 Å². The summed E-state index contributed by atoms with van der Waals surface area (Å²) in [5.41, 5.74) is 1.28. The molecule has 0 spiro atoms. The first kappa shape index (κ1) is 14.3. The van der Waals surface area contributed by atoms with Gasteiger partial charge in [-0.1, -0.05) is 29.5 Å². The van der Waals surface area contributed by atoms with Gasteiger partial charge in [0.2, 0.25) is 5.13 Å². The minimum Gasteiger partial charge on any atom is -0.313 e. The number of nitrogens with zero attached hydrogens (tertiary/aromatic N) is 6. The Morgan fingerprint density at radius 3 is 2.83 bits per heavy atom. The lowest BCUT2D eigenvalue weighted by Gasteiger charge is -2.08. The Morgan fingerprint density at radius 1 is 1.17 bits per heavy atom. The lowest BCUT2D eigenvalue weighted by atomic mass is 10.2. The van der Waals surface area contributed by atoms with Crippen LogP contribution in [0.5, 0.6) is 0 Å². The van der Waals surface area contributed by atoms with Crippen LogP contribution in [-0.2, 0) is 0 Å². The molecule has 0 amide bonds. The van der Waals surface area contributed by atoms with Crippen LogP contribution < -0.4 is 5.32 Å². The number of benzene rings is 1. The summed E-state index contributed by atoms with van der Waals surface area (Å²) in [6, 6.07) is 13.8. The van der Waals surface area contributed by atoms with Crippen molar-refractivity contribution in [2.24, 2.45) is 0 Å². The molecule has 8 heteroatoms. The van der Waals surface area contributed by atoms with Crippen LogP contribution in [0.4, 0.5) is 10.9 Å². The number of nitrogens with one attached hydrogen (secondary N) is 1. The molecule has 24 heavy (non-hydrogen) atoms. The number of hydrogen-bond donors (Lipinski definition) is 1.